The van der Waals surface area contributed by atoms with Gasteiger partial charge in [0.15, 0.2) is 11.5 Å². The molecule has 36 heavy (non-hydrogen) atoms. The zero-order valence-electron chi connectivity index (χ0n) is 20.5. The number of rotatable bonds is 9. The Bertz CT molecular complexity index is 1400. The van der Waals surface area contributed by atoms with Crippen molar-refractivity contribution in [2.75, 3.05) is 17.9 Å². The molecule has 1 heterocycles. The minimum absolute atomic E-state index is 0. The van der Waals surface area contributed by atoms with E-state index in [4.69, 9.17) is 9.47 Å². The summed E-state index contributed by atoms with van der Waals surface area (Å²) >= 11 is 0. The lowest BCUT2D eigenvalue weighted by Crippen LogP contribution is -2.27. The van der Waals surface area contributed by atoms with E-state index < -0.39 is 15.4 Å². The van der Waals surface area contributed by atoms with E-state index in [2.05, 4.69) is 10.0 Å². The van der Waals surface area contributed by atoms with Crippen LogP contribution in [0.3, 0.4) is 0 Å². The summed E-state index contributed by atoms with van der Waals surface area (Å²) in [5, 5.41) is 3.12. The summed E-state index contributed by atoms with van der Waals surface area (Å²) in [6, 6.07) is 19.4. The Kier molecular flexibility index (Phi) is 6.49. The number of anilines is 1. The number of aryl methyl sites for hydroxylation is 1. The normalized spacial score (nSPS) is 15.5. The van der Waals surface area contributed by atoms with Crippen LogP contribution in [-0.4, -0.2) is 26.9 Å². The van der Waals surface area contributed by atoms with Gasteiger partial charge in [-0.15, -0.1) is 0 Å². The predicted molar refractivity (Wildman–Crippen MR) is 142 cm³/mol. The van der Waals surface area contributed by atoms with Gasteiger partial charge in [0.1, 0.15) is 0 Å². The fourth-order valence-corrected chi connectivity index (χ4v) is 5.63. The SMILES string of the molecule is CCCS(=O)(=O)NCc1ccc(-c2cc(NC(=O)C3(c4ccc5c(c4)OCO5)CC3)ccc2C)cc1.[HH]. The van der Waals surface area contributed by atoms with Crippen molar-refractivity contribution in [2.24, 2.45) is 0 Å². The molecule has 1 aliphatic carbocycles. The molecule has 0 atom stereocenters. The molecule has 0 spiro atoms. The van der Waals surface area contributed by atoms with Crippen molar-refractivity contribution in [1.29, 1.82) is 0 Å². The predicted octanol–water partition coefficient (Wildman–Crippen LogP) is 5.14. The Morgan fingerprint density at radius 2 is 1.75 bits per heavy atom. The lowest BCUT2D eigenvalue weighted by Gasteiger charge is -2.17. The number of hydrogen-bond donors (Lipinski definition) is 2. The van der Waals surface area contributed by atoms with Gasteiger partial charge in [0.25, 0.3) is 0 Å². The molecule has 0 bridgehead atoms. The fourth-order valence-electron chi connectivity index (χ4n) is 4.56. The molecule has 0 radical (unpaired) electrons. The first kappa shape index (κ1) is 24.3. The number of amides is 1. The van der Waals surface area contributed by atoms with Gasteiger partial charge in [0, 0.05) is 13.7 Å². The number of carbonyl (C=O) groups excluding carboxylic acids is 1. The summed E-state index contributed by atoms with van der Waals surface area (Å²) in [7, 11) is -3.25. The van der Waals surface area contributed by atoms with Gasteiger partial charge in [0.05, 0.1) is 11.2 Å². The summed E-state index contributed by atoms with van der Waals surface area (Å²) in [4.78, 5) is 13.3. The molecule has 190 valence electrons. The summed E-state index contributed by atoms with van der Waals surface area (Å²) in [5.41, 5.74) is 5.13. The molecule has 3 aromatic rings. The quantitative estimate of drug-likeness (QED) is 0.418. The highest BCUT2D eigenvalue weighted by molar-refractivity contribution is 7.89. The Labute approximate surface area is 213 Å². The molecule has 0 unspecified atom stereocenters. The molecule has 7 nitrogen and oxygen atoms in total. The molecule has 1 fully saturated rings. The second kappa shape index (κ2) is 9.59. The minimum atomic E-state index is -3.25. The third kappa shape index (κ3) is 4.96. The molecule has 8 heteroatoms. The van der Waals surface area contributed by atoms with Crippen molar-refractivity contribution in [3.05, 3.63) is 77.4 Å². The maximum absolute atomic E-state index is 13.3. The Hall–Kier alpha value is -3.36. The lowest BCUT2D eigenvalue weighted by atomic mass is 9.94. The summed E-state index contributed by atoms with van der Waals surface area (Å²) in [6.07, 6.45) is 2.17. The molecule has 3 aromatic carbocycles. The van der Waals surface area contributed by atoms with Crippen LogP contribution in [0.2, 0.25) is 0 Å². The highest BCUT2D eigenvalue weighted by atomic mass is 32.2. The van der Waals surface area contributed by atoms with Gasteiger partial charge in [-0.05, 0) is 78.3 Å². The molecule has 2 N–H and O–H groups in total. The third-order valence-electron chi connectivity index (χ3n) is 6.84. The summed E-state index contributed by atoms with van der Waals surface area (Å²) < 4.78 is 37.4. The molecule has 1 aliphatic heterocycles. The van der Waals surface area contributed by atoms with Crippen LogP contribution in [0, 0.1) is 6.92 Å². The van der Waals surface area contributed by atoms with Crippen molar-refractivity contribution in [2.45, 2.75) is 45.1 Å². The maximum atomic E-state index is 13.3. The van der Waals surface area contributed by atoms with Gasteiger partial charge in [-0.3, -0.25) is 4.79 Å². The zero-order chi connectivity index (χ0) is 25.3. The molecule has 0 saturated heterocycles. The Morgan fingerprint density at radius 1 is 1.00 bits per heavy atom. The molecular formula is C28H32N2O5S. The standard InChI is InChI=1S/C28H30N2O5S.H2/c1-3-14-36(32,33)29-17-20-5-7-21(8-6-20)24-16-23(10-4-19(24)2)30-27(31)28(12-13-28)22-9-11-25-26(15-22)35-18-34-25;/h4-11,15-16,29H,3,12-14,17-18H2,1-2H3,(H,30,31);1H. The number of sulfonamides is 1. The molecule has 0 aromatic heterocycles. The van der Waals surface area contributed by atoms with Gasteiger partial charge < -0.3 is 14.8 Å². The van der Waals surface area contributed by atoms with E-state index >= 15 is 0 Å². The topological polar surface area (TPSA) is 93.7 Å². The number of benzene rings is 3. The van der Waals surface area contributed by atoms with Crippen molar-refractivity contribution >= 4 is 21.6 Å². The molecular weight excluding hydrogens is 476 g/mol. The van der Waals surface area contributed by atoms with Crippen LogP contribution in [0.15, 0.2) is 60.7 Å². The van der Waals surface area contributed by atoms with Crippen LogP contribution in [0.5, 0.6) is 11.5 Å². The second-order valence-corrected chi connectivity index (χ2v) is 11.4. The van der Waals surface area contributed by atoms with Gasteiger partial charge >= 0.3 is 0 Å². The van der Waals surface area contributed by atoms with E-state index in [1.807, 2.05) is 74.5 Å². The summed E-state index contributed by atoms with van der Waals surface area (Å²) in [6.45, 7) is 4.34. The average Bonchev–Trinajstić information content (AvgIpc) is 3.55. The van der Waals surface area contributed by atoms with E-state index in [0.29, 0.717) is 17.9 Å². The van der Waals surface area contributed by atoms with E-state index in [-0.39, 0.29) is 26.4 Å². The molecule has 5 rings (SSSR count). The number of carbonyl (C=O) groups is 1. The van der Waals surface area contributed by atoms with Crippen LogP contribution in [0.4, 0.5) is 5.69 Å². The number of ether oxygens (including phenoxy) is 2. The highest BCUT2D eigenvalue weighted by Gasteiger charge is 2.51. The van der Waals surface area contributed by atoms with Gasteiger partial charge in [0.2, 0.25) is 22.7 Å². The maximum Gasteiger partial charge on any atom is 0.235 e. The minimum Gasteiger partial charge on any atom is -0.454 e. The van der Waals surface area contributed by atoms with Crippen LogP contribution in [0.1, 0.15) is 44.3 Å². The van der Waals surface area contributed by atoms with Crippen molar-refractivity contribution < 1.29 is 24.1 Å². The summed E-state index contributed by atoms with van der Waals surface area (Å²) in [5.74, 6) is 1.50. The van der Waals surface area contributed by atoms with Crippen LogP contribution >= 0.6 is 0 Å². The molecule has 1 amide bonds. The van der Waals surface area contributed by atoms with E-state index in [1.165, 1.54) is 0 Å². The van der Waals surface area contributed by atoms with Gasteiger partial charge in [-0.2, -0.15) is 0 Å². The third-order valence-corrected chi connectivity index (χ3v) is 8.37. The highest BCUT2D eigenvalue weighted by Crippen LogP contribution is 2.51. The van der Waals surface area contributed by atoms with Crippen LogP contribution < -0.4 is 19.5 Å². The van der Waals surface area contributed by atoms with Crippen molar-refractivity contribution in [3.8, 4) is 22.6 Å². The first-order chi connectivity index (χ1) is 17.3. The van der Waals surface area contributed by atoms with Gasteiger partial charge in [-0.25, -0.2) is 13.1 Å². The zero-order valence-corrected chi connectivity index (χ0v) is 21.3. The van der Waals surface area contributed by atoms with Crippen LogP contribution in [-0.2, 0) is 26.8 Å². The van der Waals surface area contributed by atoms with Gasteiger partial charge in [-0.1, -0.05) is 43.3 Å². The van der Waals surface area contributed by atoms with Crippen molar-refractivity contribution in [3.63, 3.8) is 0 Å². The number of nitrogens with one attached hydrogen (secondary N) is 2. The largest absolute Gasteiger partial charge is 0.454 e. The Morgan fingerprint density at radius 3 is 2.47 bits per heavy atom. The number of hydrogen-bond acceptors (Lipinski definition) is 5. The second-order valence-electron chi connectivity index (χ2n) is 9.47. The average molecular weight is 509 g/mol. The van der Waals surface area contributed by atoms with Crippen LogP contribution in [0.25, 0.3) is 11.1 Å². The van der Waals surface area contributed by atoms with Crippen molar-refractivity contribution in [1.82, 2.24) is 4.72 Å². The number of fused-ring (bicyclic) bond motifs is 1. The smallest absolute Gasteiger partial charge is 0.235 e. The molecule has 2 aliphatic rings. The molecule has 1 saturated carbocycles. The fraction of sp³-hybridized carbons (Fsp3) is 0.321. The monoisotopic (exact) mass is 508 g/mol. The van der Waals surface area contributed by atoms with E-state index in [1.54, 1.807) is 0 Å². The van der Waals surface area contributed by atoms with E-state index in [9.17, 15) is 13.2 Å². The lowest BCUT2D eigenvalue weighted by molar-refractivity contribution is -0.118. The first-order valence-electron chi connectivity index (χ1n) is 12.2. The first-order valence-corrected chi connectivity index (χ1v) is 13.8. The Balaban J connectivity index is 0.00000320. The van der Waals surface area contributed by atoms with E-state index in [0.717, 1.165) is 46.3 Å².